The summed E-state index contributed by atoms with van der Waals surface area (Å²) >= 11 is 0. The van der Waals surface area contributed by atoms with Gasteiger partial charge < -0.3 is 10.3 Å². The fraction of sp³-hybridized carbons (Fsp3) is 0.176. The lowest BCUT2D eigenvalue weighted by molar-refractivity contribution is 0.943. The van der Waals surface area contributed by atoms with Crippen LogP contribution < -0.4 is 5.73 Å². The molecule has 0 aliphatic carbocycles. The summed E-state index contributed by atoms with van der Waals surface area (Å²) in [5.41, 5.74) is 8.52. The number of anilines is 1. The van der Waals surface area contributed by atoms with Crippen LogP contribution in [0.1, 0.15) is 25.0 Å². The fourth-order valence-electron chi connectivity index (χ4n) is 1.99. The summed E-state index contributed by atoms with van der Waals surface area (Å²) in [7, 11) is 1.92. The molecule has 106 valence electrons. The third kappa shape index (κ3) is 3.03. The average molecular weight is 278 g/mol. The summed E-state index contributed by atoms with van der Waals surface area (Å²) in [5, 5.41) is 0.813. The van der Waals surface area contributed by atoms with Crippen LogP contribution in [0.3, 0.4) is 0 Å². The summed E-state index contributed by atoms with van der Waals surface area (Å²) in [6.07, 6.45) is 3.39. The normalized spacial score (nSPS) is 9.48. The van der Waals surface area contributed by atoms with Crippen molar-refractivity contribution in [3.05, 3.63) is 54.0 Å². The largest absolute Gasteiger partial charge is 0.383 e. The van der Waals surface area contributed by atoms with Crippen LogP contribution in [0.4, 0.5) is 5.82 Å². The molecule has 4 heteroatoms. The Morgan fingerprint density at radius 1 is 1.05 bits per heavy atom. The molecular weight excluding hydrogens is 260 g/mol. The molecule has 2 N–H and O–H groups in total. The number of aryl methyl sites for hydroxylation is 1. The monoisotopic (exact) mass is 278 g/mol. The summed E-state index contributed by atoms with van der Waals surface area (Å²) < 4.78 is 1.91. The zero-order chi connectivity index (χ0) is 15.2. The summed E-state index contributed by atoms with van der Waals surface area (Å²) in [6, 6.07) is 9.83. The first-order chi connectivity index (χ1) is 10.3. The van der Waals surface area contributed by atoms with Crippen molar-refractivity contribution < 1.29 is 0 Å². The molecule has 3 rings (SSSR count). The molecule has 2 heterocycles. The number of hydrogen-bond donors (Lipinski definition) is 1. The Labute approximate surface area is 124 Å². The minimum Gasteiger partial charge on any atom is -0.383 e. The lowest BCUT2D eigenvalue weighted by Crippen LogP contribution is -1.94. The quantitative estimate of drug-likeness (QED) is 0.643. The number of hydrogen-bond acceptors (Lipinski definition) is 3. The van der Waals surface area contributed by atoms with E-state index in [1.54, 1.807) is 0 Å². The number of aromatic nitrogens is 3. The molecule has 0 spiro atoms. The Hall–Kier alpha value is -2.80. The Morgan fingerprint density at radius 3 is 2.48 bits per heavy atom. The molecule has 2 aromatic heterocycles. The van der Waals surface area contributed by atoms with Crippen molar-refractivity contribution in [1.29, 1.82) is 0 Å². The second kappa shape index (κ2) is 6.58. The van der Waals surface area contributed by atoms with Gasteiger partial charge in [0.15, 0.2) is 0 Å². The van der Waals surface area contributed by atoms with Gasteiger partial charge in [-0.15, -0.1) is 0 Å². The average Bonchev–Trinajstić information content (AvgIpc) is 2.86. The highest BCUT2D eigenvalue weighted by atomic mass is 15.0. The number of benzene rings is 1. The lowest BCUT2D eigenvalue weighted by atomic mass is 10.2. The summed E-state index contributed by atoms with van der Waals surface area (Å²) in [6.45, 7) is 4.00. The van der Waals surface area contributed by atoms with Gasteiger partial charge in [0.2, 0.25) is 0 Å². The maximum absolute atomic E-state index is 5.91. The van der Waals surface area contributed by atoms with E-state index in [0.29, 0.717) is 5.82 Å². The highest BCUT2D eigenvalue weighted by molar-refractivity contribution is 5.92. The van der Waals surface area contributed by atoms with Crippen LogP contribution in [0.2, 0.25) is 0 Å². The summed E-state index contributed by atoms with van der Waals surface area (Å²) in [5.74, 6) is 6.72. The van der Waals surface area contributed by atoms with Gasteiger partial charge in [0.25, 0.3) is 0 Å². The molecule has 0 saturated heterocycles. The third-order valence-corrected chi connectivity index (χ3v) is 2.90. The van der Waals surface area contributed by atoms with Gasteiger partial charge in [0.1, 0.15) is 17.8 Å². The molecule has 0 unspecified atom stereocenters. The second-order valence-corrected chi connectivity index (χ2v) is 4.23. The molecule has 21 heavy (non-hydrogen) atoms. The van der Waals surface area contributed by atoms with E-state index >= 15 is 0 Å². The van der Waals surface area contributed by atoms with Crippen molar-refractivity contribution in [2.45, 2.75) is 13.8 Å². The van der Waals surface area contributed by atoms with Crippen LogP contribution in [0.25, 0.3) is 11.0 Å². The number of nitrogens with two attached hydrogens (primary N) is 1. The van der Waals surface area contributed by atoms with Gasteiger partial charge in [-0.3, -0.25) is 0 Å². The predicted octanol–water partition coefficient (Wildman–Crippen LogP) is 2.98. The Kier molecular flexibility index (Phi) is 4.57. The number of nitrogens with zero attached hydrogens (tertiary/aromatic N) is 3. The van der Waals surface area contributed by atoms with E-state index in [4.69, 9.17) is 5.73 Å². The maximum Gasteiger partial charge on any atom is 0.146 e. The molecule has 1 aromatic carbocycles. The van der Waals surface area contributed by atoms with Crippen molar-refractivity contribution in [3.63, 3.8) is 0 Å². The van der Waals surface area contributed by atoms with E-state index in [2.05, 4.69) is 21.8 Å². The Balaban J connectivity index is 0.000000774. The predicted molar refractivity (Wildman–Crippen MR) is 86.7 cm³/mol. The molecule has 0 fully saturated rings. The molecule has 0 saturated carbocycles. The van der Waals surface area contributed by atoms with Crippen molar-refractivity contribution in [1.82, 2.24) is 14.5 Å². The van der Waals surface area contributed by atoms with Crippen molar-refractivity contribution >= 4 is 16.9 Å². The van der Waals surface area contributed by atoms with Gasteiger partial charge in [0, 0.05) is 18.8 Å². The molecule has 0 amide bonds. The zero-order valence-corrected chi connectivity index (χ0v) is 12.5. The molecule has 0 atom stereocenters. The zero-order valence-electron chi connectivity index (χ0n) is 12.5. The topological polar surface area (TPSA) is 56.7 Å². The molecule has 0 aliphatic rings. The SMILES string of the molecule is CC.Cn1cc(C#Cc2ccccc2)c2c(N)ncnc21. The Bertz CT molecular complexity index is 792. The van der Waals surface area contributed by atoms with Crippen LogP contribution in [-0.4, -0.2) is 14.5 Å². The van der Waals surface area contributed by atoms with Crippen molar-refractivity contribution in [3.8, 4) is 11.8 Å². The van der Waals surface area contributed by atoms with Gasteiger partial charge in [-0.05, 0) is 12.1 Å². The van der Waals surface area contributed by atoms with Crippen LogP contribution in [0, 0.1) is 11.8 Å². The van der Waals surface area contributed by atoms with Gasteiger partial charge in [-0.2, -0.15) is 0 Å². The van der Waals surface area contributed by atoms with E-state index in [-0.39, 0.29) is 0 Å². The first kappa shape index (κ1) is 14.6. The lowest BCUT2D eigenvalue weighted by Gasteiger charge is -1.95. The van der Waals surface area contributed by atoms with Gasteiger partial charge >= 0.3 is 0 Å². The highest BCUT2D eigenvalue weighted by Gasteiger charge is 2.09. The standard InChI is InChI=1S/C15H12N4.C2H6/c1-19-9-12(8-7-11-5-3-2-4-6-11)13-14(16)17-10-18-15(13)19;1-2/h2-6,9-10H,1H3,(H2,16,17,18);1-2H3. The number of rotatable bonds is 0. The number of fused-ring (bicyclic) bond motifs is 1. The Morgan fingerprint density at radius 2 is 1.76 bits per heavy atom. The van der Waals surface area contributed by atoms with Gasteiger partial charge in [-0.1, -0.05) is 43.9 Å². The number of nitrogen functional groups attached to an aromatic ring is 1. The van der Waals surface area contributed by atoms with E-state index in [1.165, 1.54) is 6.33 Å². The molecule has 0 radical (unpaired) electrons. The smallest absolute Gasteiger partial charge is 0.146 e. The summed E-state index contributed by atoms with van der Waals surface area (Å²) in [4.78, 5) is 8.24. The first-order valence-electron chi connectivity index (χ1n) is 6.88. The van der Waals surface area contributed by atoms with Crippen LogP contribution in [0.15, 0.2) is 42.9 Å². The van der Waals surface area contributed by atoms with Gasteiger partial charge in [-0.25, -0.2) is 9.97 Å². The minimum atomic E-state index is 0.461. The molecular formula is C17H18N4. The molecule has 0 aliphatic heterocycles. The van der Waals surface area contributed by atoms with Crippen LogP contribution in [0.5, 0.6) is 0 Å². The van der Waals surface area contributed by atoms with Crippen molar-refractivity contribution in [2.24, 2.45) is 7.05 Å². The molecule has 0 bridgehead atoms. The molecule has 4 nitrogen and oxygen atoms in total. The third-order valence-electron chi connectivity index (χ3n) is 2.90. The fourth-order valence-corrected chi connectivity index (χ4v) is 1.99. The van der Waals surface area contributed by atoms with E-state index < -0.39 is 0 Å². The minimum absolute atomic E-state index is 0.461. The highest BCUT2D eigenvalue weighted by Crippen LogP contribution is 2.21. The second-order valence-electron chi connectivity index (χ2n) is 4.23. The van der Waals surface area contributed by atoms with Gasteiger partial charge in [0.05, 0.1) is 10.9 Å². The van der Waals surface area contributed by atoms with Crippen LogP contribution >= 0.6 is 0 Å². The van der Waals surface area contributed by atoms with Crippen LogP contribution in [-0.2, 0) is 7.05 Å². The molecule has 3 aromatic rings. The van der Waals surface area contributed by atoms with E-state index in [0.717, 1.165) is 22.2 Å². The van der Waals surface area contributed by atoms with E-state index in [1.807, 2.05) is 62.0 Å². The maximum atomic E-state index is 5.91. The first-order valence-corrected chi connectivity index (χ1v) is 6.88. The van der Waals surface area contributed by atoms with Crippen molar-refractivity contribution in [2.75, 3.05) is 5.73 Å². The van der Waals surface area contributed by atoms with E-state index in [9.17, 15) is 0 Å².